The second-order valence-corrected chi connectivity index (χ2v) is 7.47. The first kappa shape index (κ1) is 19.4. The van der Waals surface area contributed by atoms with Crippen molar-refractivity contribution in [1.82, 2.24) is 21.0 Å². The summed E-state index contributed by atoms with van der Waals surface area (Å²) in [5.74, 6) is 2.42. The molecule has 4 rings (SSSR count). The van der Waals surface area contributed by atoms with Gasteiger partial charge in [-0.05, 0) is 56.5 Å². The van der Waals surface area contributed by atoms with Gasteiger partial charge < -0.3 is 14.0 Å². The summed E-state index contributed by atoms with van der Waals surface area (Å²) in [6.45, 7) is 6.08. The second-order valence-electron chi connectivity index (χ2n) is 7.47. The first-order chi connectivity index (χ1) is 14.0. The molecule has 0 radical (unpaired) electrons. The fourth-order valence-electron chi connectivity index (χ4n) is 3.55. The largest absolute Gasteiger partial charge is 0.493 e. The van der Waals surface area contributed by atoms with Crippen LogP contribution in [0, 0.1) is 6.92 Å². The van der Waals surface area contributed by atoms with Crippen molar-refractivity contribution in [2.24, 2.45) is 0 Å². The molecule has 3 aromatic rings. The molecule has 0 saturated carbocycles. The van der Waals surface area contributed by atoms with Crippen molar-refractivity contribution < 1.29 is 14.0 Å². The van der Waals surface area contributed by atoms with Crippen LogP contribution in [-0.2, 0) is 0 Å². The third-order valence-corrected chi connectivity index (χ3v) is 4.99. The molecule has 2 heterocycles. The van der Waals surface area contributed by atoms with E-state index in [0.29, 0.717) is 23.2 Å². The minimum Gasteiger partial charge on any atom is -0.493 e. The van der Waals surface area contributed by atoms with Crippen LogP contribution in [0.3, 0.4) is 0 Å². The highest BCUT2D eigenvalue weighted by molar-refractivity contribution is 5.60. The van der Waals surface area contributed by atoms with Crippen molar-refractivity contribution in [1.29, 1.82) is 0 Å². The van der Waals surface area contributed by atoms with Gasteiger partial charge in [-0.1, -0.05) is 29.4 Å². The van der Waals surface area contributed by atoms with Gasteiger partial charge in [-0.2, -0.15) is 4.98 Å². The van der Waals surface area contributed by atoms with Gasteiger partial charge in [0, 0.05) is 11.6 Å². The molecule has 1 aromatic heterocycles. The maximum Gasteiger partial charge on any atom is 0.245 e. The van der Waals surface area contributed by atoms with Gasteiger partial charge in [0.2, 0.25) is 11.7 Å². The molecule has 1 aliphatic heterocycles. The van der Waals surface area contributed by atoms with Crippen LogP contribution in [0.2, 0.25) is 0 Å². The van der Waals surface area contributed by atoms with Gasteiger partial charge in [-0.3, -0.25) is 0 Å². The van der Waals surface area contributed by atoms with E-state index in [2.05, 4.69) is 52.2 Å². The van der Waals surface area contributed by atoms with E-state index in [1.807, 2.05) is 32.0 Å². The highest BCUT2D eigenvalue weighted by Gasteiger charge is 2.31. The molecule has 0 amide bonds. The zero-order chi connectivity index (χ0) is 20.4. The Labute approximate surface area is 170 Å². The number of hydrazine groups is 1. The van der Waals surface area contributed by atoms with Gasteiger partial charge in [0.25, 0.3) is 0 Å². The zero-order valence-electron chi connectivity index (χ0n) is 17.1. The van der Waals surface area contributed by atoms with Crippen LogP contribution in [0.15, 0.2) is 47.0 Å². The summed E-state index contributed by atoms with van der Waals surface area (Å²) in [5.41, 5.74) is 9.96. The third kappa shape index (κ3) is 4.11. The number of rotatable bonds is 6. The summed E-state index contributed by atoms with van der Waals surface area (Å²) in [4.78, 5) is 4.60. The average molecular weight is 394 g/mol. The molecule has 29 heavy (non-hydrogen) atoms. The monoisotopic (exact) mass is 394 g/mol. The van der Waals surface area contributed by atoms with Gasteiger partial charge in [-0.25, -0.2) is 10.9 Å². The number of aryl methyl sites for hydroxylation is 1. The summed E-state index contributed by atoms with van der Waals surface area (Å²) < 4.78 is 16.8. The van der Waals surface area contributed by atoms with Gasteiger partial charge in [0.05, 0.1) is 13.2 Å². The molecular weight excluding hydrogens is 368 g/mol. The maximum absolute atomic E-state index is 5.77. The van der Waals surface area contributed by atoms with Crippen LogP contribution in [0.5, 0.6) is 11.5 Å². The molecule has 152 valence electrons. The number of ether oxygens (including phenoxy) is 2. The van der Waals surface area contributed by atoms with Crippen LogP contribution in [0.4, 0.5) is 0 Å². The number of aromatic nitrogens is 2. The van der Waals surface area contributed by atoms with E-state index in [-0.39, 0.29) is 18.2 Å². The number of nitrogens with zero attached hydrogens (tertiary/aromatic N) is 2. The van der Waals surface area contributed by atoms with E-state index in [0.717, 1.165) is 12.0 Å². The Bertz CT molecular complexity index is 986. The van der Waals surface area contributed by atoms with Gasteiger partial charge in [0.15, 0.2) is 11.5 Å². The standard InChI is InChI=1S/C22H26N4O3/c1-13(2)28-19-10-9-15(11-20(19)27-4)21-23-22(29-26-21)18-12-17(24-25-18)16-8-6-5-7-14(16)3/h5-11,13,17-18,24-25H,12H2,1-4H3. The lowest BCUT2D eigenvalue weighted by molar-refractivity contribution is 0.230. The van der Waals surface area contributed by atoms with Gasteiger partial charge in [0.1, 0.15) is 6.04 Å². The summed E-state index contributed by atoms with van der Waals surface area (Å²) in [7, 11) is 1.62. The Morgan fingerprint density at radius 2 is 1.86 bits per heavy atom. The molecule has 0 aliphatic carbocycles. The van der Waals surface area contributed by atoms with Crippen molar-refractivity contribution in [2.75, 3.05) is 7.11 Å². The van der Waals surface area contributed by atoms with Crippen LogP contribution in [-0.4, -0.2) is 23.4 Å². The van der Waals surface area contributed by atoms with Gasteiger partial charge in [-0.15, -0.1) is 0 Å². The smallest absolute Gasteiger partial charge is 0.245 e. The number of methoxy groups -OCH3 is 1. The predicted octanol–water partition coefficient (Wildman–Crippen LogP) is 4.12. The molecule has 1 aliphatic rings. The minimum absolute atomic E-state index is 0.0497. The molecule has 1 saturated heterocycles. The highest BCUT2D eigenvalue weighted by atomic mass is 16.5. The highest BCUT2D eigenvalue weighted by Crippen LogP contribution is 2.34. The van der Waals surface area contributed by atoms with E-state index in [1.54, 1.807) is 7.11 Å². The van der Waals surface area contributed by atoms with E-state index in [1.165, 1.54) is 11.1 Å². The molecule has 2 aromatic carbocycles. The number of nitrogens with one attached hydrogen (secondary N) is 2. The van der Waals surface area contributed by atoms with Gasteiger partial charge >= 0.3 is 0 Å². The third-order valence-electron chi connectivity index (χ3n) is 4.99. The maximum atomic E-state index is 5.77. The fourth-order valence-corrected chi connectivity index (χ4v) is 3.55. The Morgan fingerprint density at radius 1 is 1.07 bits per heavy atom. The summed E-state index contributed by atoms with van der Waals surface area (Å²) >= 11 is 0. The van der Waals surface area contributed by atoms with Crippen molar-refractivity contribution in [2.45, 2.75) is 45.4 Å². The van der Waals surface area contributed by atoms with E-state index >= 15 is 0 Å². The fraction of sp³-hybridized carbons (Fsp3) is 0.364. The summed E-state index contributed by atoms with van der Waals surface area (Å²) in [6.07, 6.45) is 0.894. The lowest BCUT2D eigenvalue weighted by atomic mass is 9.98. The van der Waals surface area contributed by atoms with Crippen molar-refractivity contribution >= 4 is 0 Å². The van der Waals surface area contributed by atoms with Crippen molar-refractivity contribution in [3.05, 3.63) is 59.5 Å². The Kier molecular flexibility index (Phi) is 5.51. The Hall–Kier alpha value is -2.90. The molecule has 1 fully saturated rings. The van der Waals surface area contributed by atoms with Crippen LogP contribution >= 0.6 is 0 Å². The Balaban J connectivity index is 1.51. The normalized spacial score (nSPS) is 18.9. The molecule has 7 nitrogen and oxygen atoms in total. The molecule has 0 spiro atoms. The van der Waals surface area contributed by atoms with E-state index in [4.69, 9.17) is 14.0 Å². The molecule has 2 N–H and O–H groups in total. The first-order valence-corrected chi connectivity index (χ1v) is 9.80. The zero-order valence-corrected chi connectivity index (χ0v) is 17.1. The van der Waals surface area contributed by atoms with E-state index < -0.39 is 0 Å². The SMILES string of the molecule is COc1cc(-c2noc(C3CC(c4ccccc4C)NN3)n2)ccc1OC(C)C. The molecule has 2 unspecified atom stereocenters. The first-order valence-electron chi connectivity index (χ1n) is 9.80. The molecule has 0 bridgehead atoms. The number of hydrogen-bond acceptors (Lipinski definition) is 7. The van der Waals surface area contributed by atoms with Crippen molar-refractivity contribution in [3.8, 4) is 22.9 Å². The molecule has 7 heteroatoms. The number of benzene rings is 2. The molecule has 2 atom stereocenters. The average Bonchev–Trinajstić information content (AvgIpc) is 3.38. The van der Waals surface area contributed by atoms with Crippen LogP contribution in [0.1, 0.15) is 49.4 Å². The quantitative estimate of drug-likeness (QED) is 0.651. The summed E-state index contributed by atoms with van der Waals surface area (Å²) in [6, 6.07) is 14.2. The lowest BCUT2D eigenvalue weighted by Crippen LogP contribution is -2.27. The number of hydrogen-bond donors (Lipinski definition) is 2. The molecular formula is C22H26N4O3. The van der Waals surface area contributed by atoms with Crippen molar-refractivity contribution in [3.63, 3.8) is 0 Å². The second kappa shape index (κ2) is 8.23. The predicted molar refractivity (Wildman–Crippen MR) is 110 cm³/mol. The lowest BCUT2D eigenvalue weighted by Gasteiger charge is -2.13. The minimum atomic E-state index is -0.0497. The summed E-state index contributed by atoms with van der Waals surface area (Å²) in [5, 5.41) is 4.16. The van der Waals surface area contributed by atoms with Crippen LogP contribution < -0.4 is 20.3 Å². The Morgan fingerprint density at radius 3 is 2.62 bits per heavy atom. The topological polar surface area (TPSA) is 81.4 Å². The van der Waals surface area contributed by atoms with E-state index in [9.17, 15) is 0 Å². The van der Waals surface area contributed by atoms with Crippen LogP contribution in [0.25, 0.3) is 11.4 Å².